The van der Waals surface area contributed by atoms with E-state index in [9.17, 15) is 14.0 Å². The number of amides is 1. The first kappa shape index (κ1) is 28.1. The number of thioether (sulfide) groups is 1. The number of rotatable bonds is 12. The molecule has 0 unspecified atom stereocenters. The molecule has 202 valence electrons. The van der Waals surface area contributed by atoms with Crippen LogP contribution < -0.4 is 10.9 Å². The lowest BCUT2D eigenvalue weighted by atomic mass is 10.1. The maximum absolute atomic E-state index is 13.3. The number of carbonyl (C=O) groups is 1. The van der Waals surface area contributed by atoms with Crippen LogP contribution in [-0.2, 0) is 12.2 Å². The number of unbranched alkanes of at least 4 members (excludes halogenated alkanes) is 1. The molecule has 2 aromatic carbocycles. The van der Waals surface area contributed by atoms with Crippen molar-refractivity contribution < 1.29 is 9.18 Å². The first-order valence-corrected chi connectivity index (χ1v) is 13.6. The van der Waals surface area contributed by atoms with Gasteiger partial charge in [-0.15, -0.1) is 0 Å². The molecule has 0 saturated heterocycles. The number of halogens is 1. The third-order valence-electron chi connectivity index (χ3n) is 5.98. The summed E-state index contributed by atoms with van der Waals surface area (Å²) in [4.78, 5) is 40.1. The van der Waals surface area contributed by atoms with Gasteiger partial charge in [0.15, 0.2) is 5.16 Å². The van der Waals surface area contributed by atoms with Gasteiger partial charge < -0.3 is 10.2 Å². The molecule has 1 N–H and O–H groups in total. The van der Waals surface area contributed by atoms with Gasteiger partial charge in [-0.2, -0.15) is 4.98 Å². The van der Waals surface area contributed by atoms with Crippen molar-refractivity contribution in [3.8, 4) is 5.69 Å². The minimum Gasteiger partial charge on any atom is -0.352 e. The van der Waals surface area contributed by atoms with Crippen LogP contribution in [0.2, 0.25) is 0 Å². The van der Waals surface area contributed by atoms with Crippen LogP contribution >= 0.6 is 11.8 Å². The van der Waals surface area contributed by atoms with Gasteiger partial charge in [-0.3, -0.25) is 14.2 Å². The largest absolute Gasteiger partial charge is 0.352 e. The van der Waals surface area contributed by atoms with Crippen molar-refractivity contribution in [2.45, 2.75) is 30.2 Å². The summed E-state index contributed by atoms with van der Waals surface area (Å²) < 4.78 is 15.2. The molecule has 4 aromatic rings. The number of hydrogen-bond acceptors (Lipinski definition) is 7. The van der Waals surface area contributed by atoms with E-state index in [1.165, 1.54) is 30.2 Å². The average Bonchev–Trinajstić information content (AvgIpc) is 2.94. The summed E-state index contributed by atoms with van der Waals surface area (Å²) in [5.41, 5.74) is 3.19. The highest BCUT2D eigenvalue weighted by Gasteiger charge is 2.13. The van der Waals surface area contributed by atoms with Crippen LogP contribution in [-0.4, -0.2) is 57.5 Å². The van der Waals surface area contributed by atoms with E-state index in [2.05, 4.69) is 25.2 Å². The van der Waals surface area contributed by atoms with E-state index >= 15 is 0 Å². The number of aromatic nitrogens is 4. The van der Waals surface area contributed by atoms with E-state index in [0.717, 1.165) is 36.2 Å². The van der Waals surface area contributed by atoms with E-state index in [1.807, 2.05) is 30.8 Å². The molecule has 0 aliphatic rings. The molecular weight excluding hydrogens is 515 g/mol. The van der Waals surface area contributed by atoms with Crippen molar-refractivity contribution >= 4 is 17.7 Å². The minimum absolute atomic E-state index is 0.125. The van der Waals surface area contributed by atoms with Gasteiger partial charge in [0.2, 0.25) is 0 Å². The van der Waals surface area contributed by atoms with Crippen LogP contribution in [0, 0.1) is 5.82 Å². The lowest BCUT2D eigenvalue weighted by Gasteiger charge is -2.15. The predicted octanol–water partition coefficient (Wildman–Crippen LogP) is 4.12. The van der Waals surface area contributed by atoms with Crippen molar-refractivity contribution in [3.05, 3.63) is 112 Å². The minimum atomic E-state index is -0.332. The summed E-state index contributed by atoms with van der Waals surface area (Å²) in [5, 5.41) is 3.46. The highest BCUT2D eigenvalue weighted by molar-refractivity contribution is 7.98. The average molecular weight is 547 g/mol. The predicted molar refractivity (Wildman–Crippen MR) is 151 cm³/mol. The Balaban J connectivity index is 1.55. The third-order valence-corrected chi connectivity index (χ3v) is 7.00. The molecule has 0 fully saturated rings. The quantitative estimate of drug-likeness (QED) is 0.162. The van der Waals surface area contributed by atoms with Crippen LogP contribution in [0.3, 0.4) is 0 Å². The third kappa shape index (κ3) is 8.30. The maximum Gasteiger partial charge on any atom is 0.277 e. The molecule has 39 heavy (non-hydrogen) atoms. The van der Waals surface area contributed by atoms with Gasteiger partial charge in [-0.25, -0.2) is 14.4 Å². The Morgan fingerprint density at radius 2 is 1.72 bits per heavy atom. The molecule has 0 radical (unpaired) electrons. The highest BCUT2D eigenvalue weighted by atomic mass is 32.2. The number of nitrogens with one attached hydrogen (secondary N) is 1. The zero-order valence-corrected chi connectivity index (χ0v) is 22.8. The summed E-state index contributed by atoms with van der Waals surface area (Å²) in [6.07, 6.45) is 8.82. The number of benzene rings is 2. The van der Waals surface area contributed by atoms with Crippen LogP contribution in [0.4, 0.5) is 4.39 Å². The smallest absolute Gasteiger partial charge is 0.277 e. The van der Waals surface area contributed by atoms with Gasteiger partial charge in [0, 0.05) is 54.1 Å². The summed E-state index contributed by atoms with van der Waals surface area (Å²) in [5.74, 6) is 0.0817. The SMILES string of the molecule is CN(C)CCCCNC(=O)c1ccc(-n2cc(Cc3cncnc3)c(=O)nc2SCc2ccc(F)cc2)cc1. The molecule has 1 amide bonds. The van der Waals surface area contributed by atoms with Crippen molar-refractivity contribution in [2.75, 3.05) is 27.2 Å². The number of nitrogens with zero attached hydrogens (tertiary/aromatic N) is 5. The Labute approximate surface area is 231 Å². The van der Waals surface area contributed by atoms with Crippen LogP contribution in [0.25, 0.3) is 5.69 Å². The summed E-state index contributed by atoms with van der Waals surface area (Å²) in [6, 6.07) is 13.4. The molecule has 0 aliphatic carbocycles. The van der Waals surface area contributed by atoms with Crippen LogP contribution in [0.15, 0.2) is 83.4 Å². The zero-order valence-electron chi connectivity index (χ0n) is 22.0. The van der Waals surface area contributed by atoms with E-state index in [4.69, 9.17) is 0 Å². The Hall–Kier alpha value is -3.89. The Morgan fingerprint density at radius 3 is 2.41 bits per heavy atom. The van der Waals surface area contributed by atoms with Gasteiger partial charge in [0.25, 0.3) is 11.5 Å². The first-order chi connectivity index (χ1) is 18.9. The van der Waals surface area contributed by atoms with E-state index in [0.29, 0.717) is 35.0 Å². The molecule has 2 aromatic heterocycles. The Kier molecular flexibility index (Phi) is 9.93. The Morgan fingerprint density at radius 1 is 1.00 bits per heavy atom. The fraction of sp³-hybridized carbons (Fsp3) is 0.276. The first-order valence-electron chi connectivity index (χ1n) is 12.7. The van der Waals surface area contributed by atoms with E-state index < -0.39 is 0 Å². The second-order valence-electron chi connectivity index (χ2n) is 9.38. The van der Waals surface area contributed by atoms with Gasteiger partial charge in [0.1, 0.15) is 12.1 Å². The molecule has 10 heteroatoms. The topological polar surface area (TPSA) is 93.0 Å². The van der Waals surface area contributed by atoms with Crippen molar-refractivity contribution in [1.82, 2.24) is 29.7 Å². The monoisotopic (exact) mass is 546 g/mol. The fourth-order valence-corrected chi connectivity index (χ4v) is 4.82. The van der Waals surface area contributed by atoms with Gasteiger partial charge in [-0.05, 0) is 81.0 Å². The van der Waals surface area contributed by atoms with E-state index in [-0.39, 0.29) is 17.3 Å². The van der Waals surface area contributed by atoms with Crippen molar-refractivity contribution in [2.24, 2.45) is 0 Å². The molecule has 0 saturated carbocycles. The maximum atomic E-state index is 13.3. The second-order valence-corrected chi connectivity index (χ2v) is 10.3. The molecule has 2 heterocycles. The standard InChI is InChI=1S/C29H31FN6O2S/c1-35(2)14-4-3-13-33-27(37)23-7-11-26(12-8-23)36-18-24(15-22-16-31-20-32-17-22)28(38)34-29(36)39-19-21-5-9-25(30)10-6-21/h5-12,16-18,20H,3-4,13-15,19H2,1-2H3,(H,33,37). The molecule has 4 rings (SSSR count). The van der Waals surface area contributed by atoms with Crippen molar-refractivity contribution in [3.63, 3.8) is 0 Å². The van der Waals surface area contributed by atoms with Crippen LogP contribution in [0.5, 0.6) is 0 Å². The lowest BCUT2D eigenvalue weighted by molar-refractivity contribution is 0.0953. The molecule has 0 aliphatic heterocycles. The molecule has 0 atom stereocenters. The highest BCUT2D eigenvalue weighted by Crippen LogP contribution is 2.24. The number of carbonyl (C=O) groups excluding carboxylic acids is 1. The van der Waals surface area contributed by atoms with Crippen LogP contribution in [0.1, 0.15) is 39.9 Å². The lowest BCUT2D eigenvalue weighted by Crippen LogP contribution is -2.25. The molecule has 0 spiro atoms. The summed E-state index contributed by atoms with van der Waals surface area (Å²) in [6.45, 7) is 1.60. The Bertz CT molecular complexity index is 1430. The fourth-order valence-electron chi connectivity index (χ4n) is 3.89. The number of hydrogen-bond donors (Lipinski definition) is 1. The summed E-state index contributed by atoms with van der Waals surface area (Å²) in [7, 11) is 4.06. The van der Waals surface area contributed by atoms with Gasteiger partial charge in [-0.1, -0.05) is 23.9 Å². The van der Waals surface area contributed by atoms with E-state index in [1.54, 1.807) is 42.9 Å². The van der Waals surface area contributed by atoms with Crippen molar-refractivity contribution in [1.29, 1.82) is 0 Å². The summed E-state index contributed by atoms with van der Waals surface area (Å²) >= 11 is 1.38. The normalized spacial score (nSPS) is 11.1. The van der Waals surface area contributed by atoms with Gasteiger partial charge >= 0.3 is 0 Å². The van der Waals surface area contributed by atoms with Gasteiger partial charge in [0.05, 0.1) is 0 Å². The molecule has 0 bridgehead atoms. The molecular formula is C29H31FN6O2S. The second kappa shape index (κ2) is 13.8. The molecule has 8 nitrogen and oxygen atoms in total. The zero-order chi connectivity index (χ0) is 27.6.